The van der Waals surface area contributed by atoms with Crippen LogP contribution in [-0.4, -0.2) is 0 Å². The molecule has 1 N–H and O–H groups in total. The van der Waals surface area contributed by atoms with Crippen LogP contribution in [0.2, 0.25) is 5.02 Å². The van der Waals surface area contributed by atoms with Crippen molar-refractivity contribution < 1.29 is 4.39 Å². The van der Waals surface area contributed by atoms with Gasteiger partial charge in [0.25, 0.3) is 0 Å². The first-order valence-corrected chi connectivity index (χ1v) is 6.64. The van der Waals surface area contributed by atoms with Crippen molar-refractivity contribution in [1.82, 2.24) is 0 Å². The smallest absolute Gasteiger partial charge is 0.124 e. The molecule has 0 aliphatic rings. The maximum atomic E-state index is 13.0. The van der Waals surface area contributed by atoms with Crippen LogP contribution in [0.4, 0.5) is 10.1 Å². The molecule has 96 valence electrons. The Morgan fingerprint density at radius 1 is 1.26 bits per heavy atom. The molecule has 19 heavy (non-hydrogen) atoms. The molecule has 0 aliphatic carbocycles. The van der Waals surface area contributed by atoms with E-state index >= 15 is 0 Å². The molecule has 0 amide bonds. The van der Waals surface area contributed by atoms with Crippen LogP contribution < -0.4 is 5.32 Å². The van der Waals surface area contributed by atoms with Gasteiger partial charge in [-0.25, -0.2) is 4.39 Å². The lowest BCUT2D eigenvalue weighted by Gasteiger charge is -2.10. The van der Waals surface area contributed by atoms with Crippen molar-refractivity contribution in [2.45, 2.75) is 6.54 Å². The number of nitrogens with one attached hydrogen (secondary N) is 1. The maximum Gasteiger partial charge on any atom is 0.124 e. The standard InChI is InChI=1S/C14H9BrClFN2/c15-13-3-1-11(16)5-10(13)8-19-14-4-2-12(17)6-9(14)7-18/h1-6,19H,8H2. The SMILES string of the molecule is N#Cc1cc(F)ccc1NCc1cc(Cl)ccc1Br. The molecule has 0 radical (unpaired) electrons. The Balaban J connectivity index is 2.19. The third-order valence-electron chi connectivity index (χ3n) is 2.58. The first kappa shape index (κ1) is 13.9. The second kappa shape index (κ2) is 6.05. The third kappa shape index (κ3) is 3.46. The van der Waals surface area contributed by atoms with Gasteiger partial charge in [-0.15, -0.1) is 0 Å². The van der Waals surface area contributed by atoms with E-state index in [0.29, 0.717) is 17.3 Å². The van der Waals surface area contributed by atoms with Crippen LogP contribution in [0.1, 0.15) is 11.1 Å². The quantitative estimate of drug-likeness (QED) is 0.878. The second-order valence-corrected chi connectivity index (χ2v) is 5.18. The predicted molar refractivity (Wildman–Crippen MR) is 77.6 cm³/mol. The van der Waals surface area contributed by atoms with E-state index in [0.717, 1.165) is 10.0 Å². The van der Waals surface area contributed by atoms with Crippen molar-refractivity contribution in [3.05, 3.63) is 62.8 Å². The first-order chi connectivity index (χ1) is 9.10. The first-order valence-electron chi connectivity index (χ1n) is 5.47. The number of benzene rings is 2. The minimum atomic E-state index is -0.425. The molecule has 2 nitrogen and oxygen atoms in total. The summed E-state index contributed by atoms with van der Waals surface area (Å²) in [5.74, 6) is -0.425. The van der Waals surface area contributed by atoms with Crippen molar-refractivity contribution in [1.29, 1.82) is 5.26 Å². The van der Waals surface area contributed by atoms with Gasteiger partial charge in [-0.1, -0.05) is 27.5 Å². The van der Waals surface area contributed by atoms with E-state index in [2.05, 4.69) is 21.2 Å². The van der Waals surface area contributed by atoms with Crippen LogP contribution in [0.5, 0.6) is 0 Å². The number of anilines is 1. The van der Waals surface area contributed by atoms with Gasteiger partial charge in [-0.05, 0) is 42.0 Å². The molecule has 5 heteroatoms. The largest absolute Gasteiger partial charge is 0.380 e. The van der Waals surface area contributed by atoms with Gasteiger partial charge in [-0.2, -0.15) is 5.26 Å². The second-order valence-electron chi connectivity index (χ2n) is 3.89. The lowest BCUT2D eigenvalue weighted by molar-refractivity contribution is 0.627. The Morgan fingerprint density at radius 2 is 2.05 bits per heavy atom. The molecule has 0 bridgehead atoms. The summed E-state index contributed by atoms with van der Waals surface area (Å²) in [6, 6.07) is 11.5. The predicted octanol–water partition coefficient (Wildman–Crippen LogP) is 4.73. The maximum absolute atomic E-state index is 13.0. The fraction of sp³-hybridized carbons (Fsp3) is 0.0714. The van der Waals surface area contributed by atoms with E-state index in [9.17, 15) is 4.39 Å². The molecule has 0 fully saturated rings. The van der Waals surface area contributed by atoms with E-state index in [-0.39, 0.29) is 5.56 Å². The Morgan fingerprint density at radius 3 is 2.79 bits per heavy atom. The van der Waals surface area contributed by atoms with E-state index < -0.39 is 5.82 Å². The van der Waals surface area contributed by atoms with Gasteiger partial charge in [-0.3, -0.25) is 0 Å². The van der Waals surface area contributed by atoms with E-state index in [1.54, 1.807) is 12.1 Å². The molecule has 2 aromatic rings. The van der Waals surface area contributed by atoms with Gasteiger partial charge in [0.1, 0.15) is 11.9 Å². The van der Waals surface area contributed by atoms with Crippen LogP contribution in [0.25, 0.3) is 0 Å². The van der Waals surface area contributed by atoms with Gasteiger partial charge >= 0.3 is 0 Å². The van der Waals surface area contributed by atoms with Gasteiger partial charge in [0, 0.05) is 16.0 Å². The minimum Gasteiger partial charge on any atom is -0.380 e. The monoisotopic (exact) mass is 338 g/mol. The highest BCUT2D eigenvalue weighted by Gasteiger charge is 2.05. The highest BCUT2D eigenvalue weighted by molar-refractivity contribution is 9.10. The number of halogens is 3. The number of nitriles is 1. The summed E-state index contributed by atoms with van der Waals surface area (Å²) in [7, 11) is 0. The molecule has 0 saturated carbocycles. The highest BCUT2D eigenvalue weighted by atomic mass is 79.9. The Kier molecular flexibility index (Phi) is 4.41. The topological polar surface area (TPSA) is 35.8 Å². The van der Waals surface area contributed by atoms with Crippen LogP contribution in [0.15, 0.2) is 40.9 Å². The minimum absolute atomic E-state index is 0.276. The summed E-state index contributed by atoms with van der Waals surface area (Å²) >= 11 is 9.35. The van der Waals surface area contributed by atoms with E-state index in [4.69, 9.17) is 16.9 Å². The summed E-state index contributed by atoms with van der Waals surface area (Å²) in [6.45, 7) is 0.488. The summed E-state index contributed by atoms with van der Waals surface area (Å²) in [5, 5.41) is 12.7. The summed E-state index contributed by atoms with van der Waals surface area (Å²) in [4.78, 5) is 0. The zero-order valence-corrected chi connectivity index (χ0v) is 12.1. The molecule has 0 heterocycles. The van der Waals surface area contributed by atoms with Crippen LogP contribution >= 0.6 is 27.5 Å². The van der Waals surface area contributed by atoms with Crippen molar-refractivity contribution >= 4 is 33.2 Å². The van der Waals surface area contributed by atoms with Crippen LogP contribution in [-0.2, 0) is 6.54 Å². The van der Waals surface area contributed by atoms with Crippen molar-refractivity contribution in [2.75, 3.05) is 5.32 Å². The van der Waals surface area contributed by atoms with Gasteiger partial charge in [0.2, 0.25) is 0 Å². The van der Waals surface area contributed by atoms with E-state index in [1.807, 2.05) is 18.2 Å². The molecule has 0 unspecified atom stereocenters. The number of hydrogen-bond donors (Lipinski definition) is 1. The number of nitrogens with zero attached hydrogens (tertiary/aromatic N) is 1. The molecule has 0 saturated heterocycles. The van der Waals surface area contributed by atoms with Crippen LogP contribution in [0.3, 0.4) is 0 Å². The average Bonchev–Trinajstić information content (AvgIpc) is 2.40. The Bertz CT molecular complexity index is 652. The Labute approximate surface area is 123 Å². The normalized spacial score (nSPS) is 10.0. The molecular weight excluding hydrogens is 331 g/mol. The lowest BCUT2D eigenvalue weighted by Crippen LogP contribution is -2.02. The van der Waals surface area contributed by atoms with Gasteiger partial charge < -0.3 is 5.32 Å². The van der Waals surface area contributed by atoms with Crippen molar-refractivity contribution in [3.63, 3.8) is 0 Å². The highest BCUT2D eigenvalue weighted by Crippen LogP contribution is 2.23. The van der Waals surface area contributed by atoms with Crippen molar-refractivity contribution in [2.24, 2.45) is 0 Å². The lowest BCUT2D eigenvalue weighted by atomic mass is 10.1. The van der Waals surface area contributed by atoms with Crippen molar-refractivity contribution in [3.8, 4) is 6.07 Å². The zero-order chi connectivity index (χ0) is 13.8. The van der Waals surface area contributed by atoms with Gasteiger partial charge in [0.15, 0.2) is 0 Å². The molecular formula is C14H9BrClFN2. The molecule has 0 aliphatic heterocycles. The molecule has 0 aromatic heterocycles. The molecule has 0 spiro atoms. The molecule has 0 atom stereocenters. The third-order valence-corrected chi connectivity index (χ3v) is 3.59. The summed E-state index contributed by atoms with van der Waals surface area (Å²) in [5.41, 5.74) is 1.83. The molecule has 2 rings (SSSR count). The van der Waals surface area contributed by atoms with Crippen LogP contribution in [0, 0.1) is 17.1 Å². The fourth-order valence-corrected chi connectivity index (χ4v) is 2.21. The average molecular weight is 340 g/mol. The molecule has 2 aromatic carbocycles. The summed E-state index contributed by atoms with van der Waals surface area (Å²) in [6.07, 6.45) is 0. The Hall–Kier alpha value is -1.57. The fourth-order valence-electron chi connectivity index (χ4n) is 1.63. The van der Waals surface area contributed by atoms with Gasteiger partial charge in [0.05, 0.1) is 11.3 Å². The van der Waals surface area contributed by atoms with E-state index in [1.165, 1.54) is 12.1 Å². The number of hydrogen-bond acceptors (Lipinski definition) is 2. The number of rotatable bonds is 3. The summed E-state index contributed by atoms with van der Waals surface area (Å²) < 4.78 is 13.9. The zero-order valence-electron chi connectivity index (χ0n) is 9.75.